The molecule has 1 aromatic heterocycles. The largest absolute Gasteiger partial charge is 0.478 e. The Balaban J connectivity index is 1.90. The number of aliphatic imine (C=N–C) groups is 1. The zero-order chi connectivity index (χ0) is 18.7. The van der Waals surface area contributed by atoms with Gasteiger partial charge in [-0.1, -0.05) is 18.2 Å². The molecular weight excluding hydrogens is 350 g/mol. The van der Waals surface area contributed by atoms with Gasteiger partial charge in [-0.3, -0.25) is 9.69 Å². The molecule has 0 bridgehead atoms. The van der Waals surface area contributed by atoms with Crippen molar-refractivity contribution in [2.75, 3.05) is 6.54 Å². The van der Waals surface area contributed by atoms with Gasteiger partial charge in [-0.25, -0.2) is 14.8 Å². The van der Waals surface area contributed by atoms with Gasteiger partial charge >= 0.3 is 5.97 Å². The molecule has 0 atom stereocenters. The minimum atomic E-state index is -0.979. The lowest BCUT2D eigenvalue weighted by Crippen LogP contribution is -2.28. The van der Waals surface area contributed by atoms with Crippen LogP contribution in [0.3, 0.4) is 0 Å². The molecule has 1 aliphatic heterocycles. The molecule has 1 N–H and O–H groups in total. The second-order valence-corrected chi connectivity index (χ2v) is 6.63. The van der Waals surface area contributed by atoms with Crippen LogP contribution in [-0.2, 0) is 4.79 Å². The summed E-state index contributed by atoms with van der Waals surface area (Å²) in [5.41, 5.74) is 1.83. The summed E-state index contributed by atoms with van der Waals surface area (Å²) in [5.74, 6) is -0.537. The number of hydrogen-bond donors (Lipinski definition) is 1. The lowest BCUT2D eigenvalue weighted by Gasteiger charge is -2.11. The van der Waals surface area contributed by atoms with Crippen LogP contribution in [0.15, 0.2) is 52.4 Å². The number of carbonyl (C=O) groups is 2. The Morgan fingerprint density at radius 2 is 2.00 bits per heavy atom. The third-order valence-electron chi connectivity index (χ3n) is 3.74. The van der Waals surface area contributed by atoms with Crippen LogP contribution in [0.1, 0.15) is 28.5 Å². The van der Waals surface area contributed by atoms with Crippen LogP contribution in [0.2, 0.25) is 0 Å². The molecular formula is C19H17N3O3S. The van der Waals surface area contributed by atoms with Gasteiger partial charge in [-0.05, 0) is 61.5 Å². The quantitative estimate of drug-likeness (QED) is 0.833. The summed E-state index contributed by atoms with van der Waals surface area (Å²) >= 11 is 1.29. The highest BCUT2D eigenvalue weighted by Crippen LogP contribution is 2.33. The number of amides is 1. The number of nitrogens with zero attached hydrogens (tertiary/aromatic N) is 3. The Bertz CT molecular complexity index is 920. The second-order valence-electron chi connectivity index (χ2n) is 5.62. The number of rotatable bonds is 4. The van der Waals surface area contributed by atoms with Crippen LogP contribution in [-0.4, -0.2) is 38.6 Å². The maximum absolute atomic E-state index is 12.6. The molecule has 1 aromatic carbocycles. The molecule has 6 nitrogen and oxygen atoms in total. The predicted molar refractivity (Wildman–Crippen MR) is 102 cm³/mol. The van der Waals surface area contributed by atoms with Crippen LogP contribution >= 0.6 is 11.8 Å². The summed E-state index contributed by atoms with van der Waals surface area (Å²) < 4.78 is 0. The first-order chi connectivity index (χ1) is 12.5. The van der Waals surface area contributed by atoms with Gasteiger partial charge in [0.1, 0.15) is 0 Å². The van der Waals surface area contributed by atoms with Crippen molar-refractivity contribution in [1.82, 2.24) is 9.88 Å². The van der Waals surface area contributed by atoms with Gasteiger partial charge in [-0.15, -0.1) is 0 Å². The number of likely N-dealkylation sites (N-methyl/N-ethyl adjacent to an activating group) is 1. The van der Waals surface area contributed by atoms with Crippen LogP contribution in [0.4, 0.5) is 5.82 Å². The van der Waals surface area contributed by atoms with Gasteiger partial charge in [0.25, 0.3) is 5.91 Å². The maximum atomic E-state index is 12.6. The van der Waals surface area contributed by atoms with Gasteiger partial charge in [0.2, 0.25) is 0 Å². The summed E-state index contributed by atoms with van der Waals surface area (Å²) in [6.07, 6.45) is 1.74. The number of pyridine rings is 1. The summed E-state index contributed by atoms with van der Waals surface area (Å²) in [4.78, 5) is 34.6. The number of amidine groups is 1. The van der Waals surface area contributed by atoms with Gasteiger partial charge in [-0.2, -0.15) is 0 Å². The van der Waals surface area contributed by atoms with E-state index in [4.69, 9.17) is 5.11 Å². The van der Waals surface area contributed by atoms with Crippen molar-refractivity contribution in [2.45, 2.75) is 13.8 Å². The number of carbonyl (C=O) groups excluding carboxylic acids is 1. The number of hydrogen-bond acceptors (Lipinski definition) is 5. The minimum absolute atomic E-state index is 0.119. The molecule has 1 aliphatic rings. The molecule has 0 aliphatic carbocycles. The topological polar surface area (TPSA) is 82.9 Å². The van der Waals surface area contributed by atoms with Gasteiger partial charge < -0.3 is 5.11 Å². The molecule has 0 spiro atoms. The lowest BCUT2D eigenvalue weighted by molar-refractivity contribution is -0.122. The minimum Gasteiger partial charge on any atom is -0.478 e. The fourth-order valence-corrected chi connectivity index (χ4v) is 3.48. The van der Waals surface area contributed by atoms with Crippen molar-refractivity contribution in [3.05, 3.63) is 64.2 Å². The normalized spacial score (nSPS) is 17.3. The fraction of sp³-hybridized carbons (Fsp3) is 0.158. The number of benzene rings is 1. The van der Waals surface area contributed by atoms with E-state index in [1.165, 1.54) is 23.9 Å². The summed E-state index contributed by atoms with van der Waals surface area (Å²) in [6, 6.07) is 11.9. The molecule has 0 unspecified atom stereocenters. The Hall–Kier alpha value is -2.93. The molecule has 0 radical (unpaired) electrons. The van der Waals surface area contributed by atoms with E-state index in [2.05, 4.69) is 9.98 Å². The molecule has 1 saturated heterocycles. The van der Waals surface area contributed by atoms with E-state index in [9.17, 15) is 9.59 Å². The number of aromatic carboxylic acids is 1. The summed E-state index contributed by atoms with van der Waals surface area (Å²) in [7, 11) is 0. The molecule has 2 heterocycles. The Labute approximate surface area is 155 Å². The first kappa shape index (κ1) is 17.9. The van der Waals surface area contributed by atoms with Gasteiger partial charge in [0.15, 0.2) is 11.0 Å². The van der Waals surface area contributed by atoms with E-state index in [0.717, 1.165) is 11.3 Å². The molecule has 2 aromatic rings. The van der Waals surface area contributed by atoms with E-state index >= 15 is 0 Å². The molecule has 1 fully saturated rings. The van der Waals surface area contributed by atoms with Crippen molar-refractivity contribution < 1.29 is 14.7 Å². The number of thioether (sulfide) groups is 1. The Kier molecular flexibility index (Phi) is 5.18. The number of aromatic nitrogens is 1. The number of aryl methyl sites for hydroxylation is 1. The highest BCUT2D eigenvalue weighted by atomic mass is 32.2. The first-order valence-corrected chi connectivity index (χ1v) is 8.86. The SMILES string of the molecule is CCN1C(=O)/C(=C\c2ccc(C(=O)O)cc2)S/C1=N\c1cccc(C)n1. The molecule has 0 saturated carbocycles. The highest BCUT2D eigenvalue weighted by Gasteiger charge is 2.32. The third kappa shape index (κ3) is 3.83. The van der Waals surface area contributed by atoms with Crippen molar-refractivity contribution in [1.29, 1.82) is 0 Å². The first-order valence-electron chi connectivity index (χ1n) is 8.05. The standard InChI is InChI=1S/C19H17N3O3S/c1-3-22-17(23)15(11-13-7-9-14(10-8-13)18(24)25)26-19(22)21-16-6-4-5-12(2)20-16/h4-11H,3H2,1-2H3,(H,24,25)/b15-11+,21-19-. The third-order valence-corrected chi connectivity index (χ3v) is 4.75. The van der Waals surface area contributed by atoms with Crippen LogP contribution in [0, 0.1) is 6.92 Å². The average molecular weight is 367 g/mol. The van der Waals surface area contributed by atoms with E-state index in [0.29, 0.717) is 22.4 Å². The summed E-state index contributed by atoms with van der Waals surface area (Å²) in [6.45, 7) is 4.29. The van der Waals surface area contributed by atoms with Crippen LogP contribution < -0.4 is 0 Å². The van der Waals surface area contributed by atoms with Crippen molar-refractivity contribution in [2.24, 2.45) is 4.99 Å². The van der Waals surface area contributed by atoms with Gasteiger partial charge in [0, 0.05) is 12.2 Å². The monoisotopic (exact) mass is 367 g/mol. The zero-order valence-electron chi connectivity index (χ0n) is 14.3. The summed E-state index contributed by atoms with van der Waals surface area (Å²) in [5, 5.41) is 9.55. The number of carboxylic acids is 1. The van der Waals surface area contributed by atoms with E-state index < -0.39 is 5.97 Å². The fourth-order valence-electron chi connectivity index (χ4n) is 2.43. The average Bonchev–Trinajstić information content (AvgIpc) is 2.90. The van der Waals surface area contributed by atoms with Crippen LogP contribution in [0.5, 0.6) is 0 Å². The Morgan fingerprint density at radius 3 is 2.62 bits per heavy atom. The molecule has 26 heavy (non-hydrogen) atoms. The molecule has 1 amide bonds. The zero-order valence-corrected chi connectivity index (χ0v) is 15.2. The van der Waals surface area contributed by atoms with Crippen molar-refractivity contribution >= 4 is 40.7 Å². The number of carboxylic acid groups (broad SMARTS) is 1. The highest BCUT2D eigenvalue weighted by molar-refractivity contribution is 8.18. The Morgan fingerprint density at radius 1 is 1.27 bits per heavy atom. The van der Waals surface area contributed by atoms with E-state index in [1.54, 1.807) is 29.2 Å². The smallest absolute Gasteiger partial charge is 0.335 e. The predicted octanol–water partition coefficient (Wildman–Crippen LogP) is 3.71. The van der Waals surface area contributed by atoms with Crippen molar-refractivity contribution in [3.8, 4) is 0 Å². The molecule has 3 rings (SSSR count). The van der Waals surface area contributed by atoms with Crippen LogP contribution in [0.25, 0.3) is 6.08 Å². The second kappa shape index (κ2) is 7.53. The van der Waals surface area contributed by atoms with Crippen molar-refractivity contribution in [3.63, 3.8) is 0 Å². The lowest BCUT2D eigenvalue weighted by atomic mass is 10.1. The van der Waals surface area contributed by atoms with E-state index in [1.807, 2.05) is 26.0 Å². The van der Waals surface area contributed by atoms with E-state index in [-0.39, 0.29) is 11.5 Å². The maximum Gasteiger partial charge on any atom is 0.335 e. The van der Waals surface area contributed by atoms with Gasteiger partial charge in [0.05, 0.1) is 10.5 Å². The molecule has 7 heteroatoms. The molecule has 132 valence electrons.